The van der Waals surface area contributed by atoms with Crippen LogP contribution in [0.25, 0.3) is 0 Å². The zero-order chi connectivity index (χ0) is 24.3. The van der Waals surface area contributed by atoms with Crippen molar-refractivity contribution in [2.24, 2.45) is 5.41 Å². The normalized spacial score (nSPS) is 28.1. The van der Waals surface area contributed by atoms with Gasteiger partial charge in [-0.2, -0.15) is 0 Å². The van der Waals surface area contributed by atoms with Gasteiger partial charge in [-0.1, -0.05) is 37.1 Å². The Hall–Kier alpha value is -2.57. The quantitative estimate of drug-likeness (QED) is 0.477. The van der Waals surface area contributed by atoms with Gasteiger partial charge < -0.3 is 18.9 Å². The van der Waals surface area contributed by atoms with Crippen molar-refractivity contribution in [3.63, 3.8) is 0 Å². The fourth-order valence-electron chi connectivity index (χ4n) is 6.17. The molecule has 1 aliphatic heterocycles. The van der Waals surface area contributed by atoms with Gasteiger partial charge >= 0.3 is 5.97 Å². The third-order valence-corrected chi connectivity index (χ3v) is 8.13. The van der Waals surface area contributed by atoms with E-state index in [1.165, 1.54) is 31.2 Å². The number of methoxy groups -OCH3 is 2. The highest BCUT2D eigenvalue weighted by molar-refractivity contribution is 5.89. The maximum absolute atomic E-state index is 12.5. The summed E-state index contributed by atoms with van der Waals surface area (Å²) in [5.41, 5.74) is 2.10. The van der Waals surface area contributed by atoms with Crippen LogP contribution in [0.15, 0.2) is 48.5 Å². The molecule has 0 radical (unpaired) electrons. The minimum absolute atomic E-state index is 0.0200. The molecule has 1 spiro atoms. The second-order valence-electron chi connectivity index (χ2n) is 10.2. The van der Waals surface area contributed by atoms with Crippen LogP contribution in [0.3, 0.4) is 0 Å². The highest BCUT2D eigenvalue weighted by Crippen LogP contribution is 2.60. The first-order chi connectivity index (χ1) is 17.1. The van der Waals surface area contributed by atoms with Crippen molar-refractivity contribution in [1.29, 1.82) is 0 Å². The second kappa shape index (κ2) is 10.6. The number of esters is 1. The third kappa shape index (κ3) is 5.19. The second-order valence-corrected chi connectivity index (χ2v) is 10.2. The minimum Gasteiger partial charge on any atom is -0.493 e. The maximum Gasteiger partial charge on any atom is 0.338 e. The van der Waals surface area contributed by atoms with Gasteiger partial charge in [-0.05, 0) is 61.9 Å². The van der Waals surface area contributed by atoms with Crippen molar-refractivity contribution in [2.75, 3.05) is 33.9 Å². The molecule has 3 aliphatic rings. The van der Waals surface area contributed by atoms with Gasteiger partial charge in [-0.15, -0.1) is 0 Å². The highest BCUT2D eigenvalue weighted by atomic mass is 16.5. The molecule has 3 unspecified atom stereocenters. The number of hydrogen-bond acceptors (Lipinski definition) is 6. The predicted molar refractivity (Wildman–Crippen MR) is 134 cm³/mol. The van der Waals surface area contributed by atoms with E-state index in [0.29, 0.717) is 24.3 Å². The summed E-state index contributed by atoms with van der Waals surface area (Å²) in [5.74, 6) is 1.30. The Bertz CT molecular complexity index is 1010. The Morgan fingerprint density at radius 3 is 2.66 bits per heavy atom. The van der Waals surface area contributed by atoms with E-state index in [2.05, 4.69) is 11.0 Å². The standard InChI is InChI=1S/C29H37NO5/c1-32-24-12-11-21(18-25(24)33-2)14-17-34-27-10-6-7-15-29(27)19-26(29)30-16-13-23(20-30)35-28(31)22-8-4-3-5-9-22/h3-5,8-9,11-12,18,23,26-27H,6-7,10,13-17,19-20H2,1-2H3/t23-,26?,27?,29?/m1/s1. The molecule has 1 heterocycles. The molecule has 0 amide bonds. The Morgan fingerprint density at radius 1 is 1.03 bits per heavy atom. The van der Waals surface area contributed by atoms with Crippen LogP contribution in [0.1, 0.15) is 54.4 Å². The molecule has 1 saturated heterocycles. The van der Waals surface area contributed by atoms with Gasteiger partial charge in [-0.3, -0.25) is 4.90 Å². The molecule has 6 heteroatoms. The molecule has 0 N–H and O–H groups in total. The largest absolute Gasteiger partial charge is 0.493 e. The lowest BCUT2D eigenvalue weighted by Crippen LogP contribution is -2.38. The van der Waals surface area contributed by atoms with Crippen LogP contribution >= 0.6 is 0 Å². The number of carbonyl (C=O) groups excluding carboxylic acids is 1. The Balaban J connectivity index is 1.14. The van der Waals surface area contributed by atoms with Crippen molar-refractivity contribution < 1.29 is 23.7 Å². The first kappa shape index (κ1) is 24.1. The molecule has 2 aromatic carbocycles. The van der Waals surface area contributed by atoms with Crippen molar-refractivity contribution in [3.8, 4) is 11.5 Å². The lowest BCUT2D eigenvalue weighted by Gasteiger charge is -2.34. The van der Waals surface area contributed by atoms with Crippen LogP contribution in [-0.4, -0.2) is 63.0 Å². The van der Waals surface area contributed by atoms with E-state index >= 15 is 0 Å². The SMILES string of the molecule is COc1ccc(CCOC2CCCCC23CC3N2CC[C@@H](OC(=O)c3ccccc3)C2)cc1OC. The number of hydrogen-bond donors (Lipinski definition) is 0. The lowest BCUT2D eigenvalue weighted by atomic mass is 9.82. The van der Waals surface area contributed by atoms with E-state index < -0.39 is 0 Å². The molecule has 2 aromatic rings. The number of carbonyl (C=O) groups is 1. The van der Waals surface area contributed by atoms with Crippen molar-refractivity contribution in [1.82, 2.24) is 4.90 Å². The van der Waals surface area contributed by atoms with E-state index in [-0.39, 0.29) is 17.5 Å². The van der Waals surface area contributed by atoms with Crippen LogP contribution < -0.4 is 9.47 Å². The number of rotatable bonds is 9. The van der Waals surface area contributed by atoms with Gasteiger partial charge in [0, 0.05) is 24.5 Å². The molecular weight excluding hydrogens is 442 g/mol. The van der Waals surface area contributed by atoms with Gasteiger partial charge in [0.15, 0.2) is 11.5 Å². The Kier molecular flexibility index (Phi) is 7.30. The van der Waals surface area contributed by atoms with Gasteiger partial charge in [0.25, 0.3) is 0 Å². The van der Waals surface area contributed by atoms with Crippen molar-refractivity contribution in [3.05, 3.63) is 59.7 Å². The average Bonchev–Trinajstić information content (AvgIpc) is 3.41. The summed E-state index contributed by atoms with van der Waals surface area (Å²) in [7, 11) is 3.33. The molecule has 5 rings (SSSR count). The molecule has 3 fully saturated rings. The lowest BCUT2D eigenvalue weighted by molar-refractivity contribution is -0.0314. The zero-order valence-corrected chi connectivity index (χ0v) is 20.9. The summed E-state index contributed by atoms with van der Waals surface area (Å²) >= 11 is 0. The van der Waals surface area contributed by atoms with Crippen LogP contribution in [0, 0.1) is 5.41 Å². The number of benzene rings is 2. The summed E-state index contributed by atoms with van der Waals surface area (Å²) in [6, 6.07) is 15.9. The summed E-state index contributed by atoms with van der Waals surface area (Å²) < 4.78 is 23.2. The maximum atomic E-state index is 12.5. The molecule has 2 aliphatic carbocycles. The Morgan fingerprint density at radius 2 is 1.86 bits per heavy atom. The number of likely N-dealkylation sites (tertiary alicyclic amines) is 1. The Labute approximate surface area is 208 Å². The molecule has 188 valence electrons. The highest BCUT2D eigenvalue weighted by Gasteiger charge is 2.62. The van der Waals surface area contributed by atoms with Gasteiger partial charge in [0.05, 0.1) is 32.5 Å². The first-order valence-electron chi connectivity index (χ1n) is 13.0. The van der Waals surface area contributed by atoms with Crippen LogP contribution in [0.5, 0.6) is 11.5 Å². The van der Waals surface area contributed by atoms with Crippen LogP contribution in [0.4, 0.5) is 0 Å². The molecule has 4 atom stereocenters. The molecular formula is C29H37NO5. The van der Waals surface area contributed by atoms with Crippen molar-refractivity contribution in [2.45, 2.75) is 63.2 Å². The van der Waals surface area contributed by atoms with E-state index in [0.717, 1.165) is 43.9 Å². The van der Waals surface area contributed by atoms with Gasteiger partial charge in [0.2, 0.25) is 0 Å². The van der Waals surface area contributed by atoms with Crippen molar-refractivity contribution >= 4 is 5.97 Å². The summed E-state index contributed by atoms with van der Waals surface area (Å²) in [6.45, 7) is 2.55. The average molecular weight is 480 g/mol. The topological polar surface area (TPSA) is 57.2 Å². The van der Waals surface area contributed by atoms with E-state index in [1.54, 1.807) is 14.2 Å². The van der Waals surface area contributed by atoms with Gasteiger partial charge in [-0.25, -0.2) is 4.79 Å². The smallest absolute Gasteiger partial charge is 0.338 e. The molecule has 0 aromatic heterocycles. The molecule has 0 bridgehead atoms. The minimum atomic E-state index is -0.211. The molecule has 6 nitrogen and oxygen atoms in total. The predicted octanol–water partition coefficient (Wildman–Crippen LogP) is 4.90. The zero-order valence-electron chi connectivity index (χ0n) is 20.9. The number of nitrogens with zero attached hydrogens (tertiary/aromatic N) is 1. The fraction of sp³-hybridized carbons (Fsp3) is 0.552. The third-order valence-electron chi connectivity index (χ3n) is 8.13. The fourth-order valence-corrected chi connectivity index (χ4v) is 6.17. The van der Waals surface area contributed by atoms with Gasteiger partial charge in [0.1, 0.15) is 6.10 Å². The molecule has 35 heavy (non-hydrogen) atoms. The monoisotopic (exact) mass is 479 g/mol. The van der Waals surface area contributed by atoms with E-state index in [4.69, 9.17) is 18.9 Å². The summed E-state index contributed by atoms with van der Waals surface area (Å²) in [4.78, 5) is 15.0. The summed E-state index contributed by atoms with van der Waals surface area (Å²) in [5, 5.41) is 0. The first-order valence-corrected chi connectivity index (χ1v) is 13.0. The van der Waals surface area contributed by atoms with Crippen LogP contribution in [0.2, 0.25) is 0 Å². The van der Waals surface area contributed by atoms with E-state index in [9.17, 15) is 4.79 Å². The van der Waals surface area contributed by atoms with Crippen LogP contribution in [-0.2, 0) is 15.9 Å². The summed E-state index contributed by atoms with van der Waals surface area (Å²) in [6.07, 6.45) is 8.17. The number of ether oxygens (including phenoxy) is 4. The van der Waals surface area contributed by atoms with E-state index in [1.807, 2.05) is 42.5 Å². The molecule has 2 saturated carbocycles.